The van der Waals surface area contributed by atoms with Crippen molar-refractivity contribution in [2.75, 3.05) is 7.11 Å². The second-order valence-electron chi connectivity index (χ2n) is 5.01. The maximum Gasteiger partial charge on any atom is 0.243 e. The highest BCUT2D eigenvalue weighted by Crippen LogP contribution is 2.22. The van der Waals surface area contributed by atoms with Crippen molar-refractivity contribution in [3.05, 3.63) is 41.9 Å². The number of benzene rings is 1. The van der Waals surface area contributed by atoms with Crippen LogP contribution >= 0.6 is 0 Å². The van der Waals surface area contributed by atoms with Crippen molar-refractivity contribution in [2.24, 2.45) is 0 Å². The van der Waals surface area contributed by atoms with E-state index >= 15 is 0 Å². The Bertz CT molecular complexity index is 783. The summed E-state index contributed by atoms with van der Waals surface area (Å²) >= 11 is 0. The summed E-state index contributed by atoms with van der Waals surface area (Å²) < 4.78 is 15.8. The average molecular weight is 315 g/mol. The van der Waals surface area contributed by atoms with E-state index in [1.54, 1.807) is 14.0 Å². The van der Waals surface area contributed by atoms with E-state index in [2.05, 4.69) is 25.7 Å². The molecule has 1 N–H and O–H groups in total. The molecule has 1 aromatic carbocycles. The van der Waals surface area contributed by atoms with Gasteiger partial charge in [-0.3, -0.25) is 5.32 Å². The Kier molecular flexibility index (Phi) is 4.33. The molecule has 120 valence electrons. The minimum atomic E-state index is -0.144. The second-order valence-corrected chi connectivity index (χ2v) is 5.01. The van der Waals surface area contributed by atoms with Crippen LogP contribution in [0.1, 0.15) is 30.6 Å². The van der Waals surface area contributed by atoms with Gasteiger partial charge in [0.05, 0.1) is 19.7 Å². The second kappa shape index (κ2) is 6.57. The van der Waals surface area contributed by atoms with E-state index in [0.29, 0.717) is 30.0 Å². The van der Waals surface area contributed by atoms with Gasteiger partial charge in [-0.05, 0) is 19.1 Å². The number of nitrogens with one attached hydrogen (secondary N) is 1. The highest BCUT2D eigenvalue weighted by atomic mass is 16.5. The van der Waals surface area contributed by atoms with E-state index in [0.717, 1.165) is 11.3 Å². The molecular formula is C15H17N5O3. The van der Waals surface area contributed by atoms with Crippen molar-refractivity contribution in [1.29, 1.82) is 0 Å². The number of nitrogens with zero attached hydrogens (tertiary/aromatic N) is 4. The first-order valence-corrected chi connectivity index (χ1v) is 7.16. The largest absolute Gasteiger partial charge is 0.497 e. The molecule has 0 aliphatic rings. The highest BCUT2D eigenvalue weighted by molar-refractivity contribution is 5.56. The van der Waals surface area contributed by atoms with Gasteiger partial charge in [-0.15, -0.1) is 10.2 Å². The van der Waals surface area contributed by atoms with Gasteiger partial charge in [-0.2, -0.15) is 4.98 Å². The number of methoxy groups -OCH3 is 1. The lowest BCUT2D eigenvalue weighted by Gasteiger charge is -2.06. The molecular weight excluding hydrogens is 298 g/mol. The lowest BCUT2D eigenvalue weighted by molar-refractivity contribution is 0.331. The van der Waals surface area contributed by atoms with Gasteiger partial charge in [0.1, 0.15) is 5.75 Å². The Morgan fingerprint density at radius 3 is 2.91 bits per heavy atom. The smallest absolute Gasteiger partial charge is 0.243 e. The van der Waals surface area contributed by atoms with E-state index in [-0.39, 0.29) is 6.04 Å². The zero-order valence-electron chi connectivity index (χ0n) is 13.1. The van der Waals surface area contributed by atoms with Crippen molar-refractivity contribution in [3.63, 3.8) is 0 Å². The molecule has 3 aromatic rings. The molecule has 2 heterocycles. The minimum absolute atomic E-state index is 0.144. The van der Waals surface area contributed by atoms with Crippen LogP contribution in [0, 0.1) is 6.92 Å². The fraction of sp³-hybridized carbons (Fsp3) is 0.333. The van der Waals surface area contributed by atoms with Crippen molar-refractivity contribution >= 4 is 0 Å². The topological polar surface area (TPSA) is 99.1 Å². The summed E-state index contributed by atoms with van der Waals surface area (Å²) in [4.78, 5) is 4.41. The molecule has 0 aliphatic heterocycles. The molecule has 1 atom stereocenters. The van der Waals surface area contributed by atoms with Crippen LogP contribution in [0.5, 0.6) is 5.75 Å². The summed E-state index contributed by atoms with van der Waals surface area (Å²) in [5.41, 5.74) is 0.832. The molecule has 0 radical (unpaired) electrons. The predicted molar refractivity (Wildman–Crippen MR) is 80.6 cm³/mol. The van der Waals surface area contributed by atoms with Gasteiger partial charge in [0, 0.05) is 12.5 Å². The third kappa shape index (κ3) is 3.54. The number of hydrogen-bond donors (Lipinski definition) is 1. The third-order valence-electron chi connectivity index (χ3n) is 3.27. The summed E-state index contributed by atoms with van der Waals surface area (Å²) in [6.45, 7) is 4.10. The van der Waals surface area contributed by atoms with Crippen LogP contribution in [-0.4, -0.2) is 27.4 Å². The van der Waals surface area contributed by atoms with Crippen molar-refractivity contribution < 1.29 is 13.7 Å². The molecule has 0 amide bonds. The maximum atomic E-state index is 5.32. The average Bonchev–Trinajstić information content (AvgIpc) is 3.22. The third-order valence-corrected chi connectivity index (χ3v) is 3.27. The maximum absolute atomic E-state index is 5.32. The SMILES string of the molecule is COc1cccc(-c2noc(C(C)NCc3nnc(C)o3)n2)c1. The number of ether oxygens (including phenoxy) is 1. The molecule has 0 fully saturated rings. The first-order valence-electron chi connectivity index (χ1n) is 7.16. The molecule has 0 saturated heterocycles. The molecule has 1 unspecified atom stereocenters. The van der Waals surface area contributed by atoms with Crippen molar-refractivity contribution in [1.82, 2.24) is 25.7 Å². The lowest BCUT2D eigenvalue weighted by atomic mass is 10.2. The highest BCUT2D eigenvalue weighted by Gasteiger charge is 2.16. The number of aromatic nitrogens is 4. The van der Waals surface area contributed by atoms with Gasteiger partial charge in [0.15, 0.2) is 0 Å². The van der Waals surface area contributed by atoms with Crippen LogP contribution in [0.3, 0.4) is 0 Å². The first-order chi connectivity index (χ1) is 11.2. The quantitative estimate of drug-likeness (QED) is 0.739. The molecule has 2 aromatic heterocycles. The number of aryl methyl sites for hydroxylation is 1. The summed E-state index contributed by atoms with van der Waals surface area (Å²) in [7, 11) is 1.62. The first kappa shape index (κ1) is 15.2. The Hall–Kier alpha value is -2.74. The van der Waals surface area contributed by atoms with Gasteiger partial charge < -0.3 is 13.7 Å². The summed E-state index contributed by atoms with van der Waals surface area (Å²) in [6.07, 6.45) is 0. The van der Waals surface area contributed by atoms with Gasteiger partial charge >= 0.3 is 0 Å². The molecule has 8 nitrogen and oxygen atoms in total. The fourth-order valence-corrected chi connectivity index (χ4v) is 2.03. The van der Waals surface area contributed by atoms with Crippen molar-refractivity contribution in [2.45, 2.75) is 26.4 Å². The summed E-state index contributed by atoms with van der Waals surface area (Å²) in [6, 6.07) is 7.35. The summed E-state index contributed by atoms with van der Waals surface area (Å²) in [5.74, 6) is 2.79. The standard InChI is InChI=1S/C15H17N5O3/c1-9(16-8-13-19-18-10(2)22-13)15-17-14(20-23-15)11-5-4-6-12(7-11)21-3/h4-7,9,16H,8H2,1-3H3. The zero-order valence-corrected chi connectivity index (χ0v) is 13.1. The minimum Gasteiger partial charge on any atom is -0.497 e. The van der Waals surface area contributed by atoms with Crippen LogP contribution < -0.4 is 10.1 Å². The van der Waals surface area contributed by atoms with Gasteiger partial charge in [-0.1, -0.05) is 17.3 Å². The molecule has 23 heavy (non-hydrogen) atoms. The van der Waals surface area contributed by atoms with E-state index < -0.39 is 0 Å². The monoisotopic (exact) mass is 315 g/mol. The van der Waals surface area contributed by atoms with Crippen LogP contribution in [-0.2, 0) is 6.54 Å². The molecule has 3 rings (SSSR count). The van der Waals surface area contributed by atoms with Crippen LogP contribution in [0.25, 0.3) is 11.4 Å². The molecule has 8 heteroatoms. The Morgan fingerprint density at radius 2 is 2.17 bits per heavy atom. The molecule has 0 saturated carbocycles. The van der Waals surface area contributed by atoms with E-state index in [4.69, 9.17) is 13.7 Å². The Labute approximate surface area is 132 Å². The van der Waals surface area contributed by atoms with Gasteiger partial charge in [-0.25, -0.2) is 0 Å². The van der Waals surface area contributed by atoms with E-state index in [1.165, 1.54) is 0 Å². The Balaban J connectivity index is 1.68. The van der Waals surface area contributed by atoms with Crippen LogP contribution in [0.4, 0.5) is 0 Å². The van der Waals surface area contributed by atoms with E-state index in [1.807, 2.05) is 31.2 Å². The normalized spacial score (nSPS) is 12.3. The molecule has 0 spiro atoms. The van der Waals surface area contributed by atoms with E-state index in [9.17, 15) is 0 Å². The number of hydrogen-bond acceptors (Lipinski definition) is 8. The molecule has 0 bridgehead atoms. The summed E-state index contributed by atoms with van der Waals surface area (Å²) in [5, 5.41) is 14.9. The van der Waals surface area contributed by atoms with Crippen molar-refractivity contribution in [3.8, 4) is 17.1 Å². The van der Waals surface area contributed by atoms with Gasteiger partial charge in [0.25, 0.3) is 0 Å². The van der Waals surface area contributed by atoms with Crippen LogP contribution in [0.15, 0.2) is 33.2 Å². The predicted octanol–water partition coefficient (Wildman–Crippen LogP) is 2.29. The van der Waals surface area contributed by atoms with Crippen LogP contribution in [0.2, 0.25) is 0 Å². The lowest BCUT2D eigenvalue weighted by Crippen LogP contribution is -2.18. The molecule has 0 aliphatic carbocycles. The van der Waals surface area contributed by atoms with Gasteiger partial charge in [0.2, 0.25) is 23.5 Å². The number of rotatable bonds is 6. The zero-order chi connectivity index (χ0) is 16.2. The fourth-order valence-electron chi connectivity index (χ4n) is 2.03. The Morgan fingerprint density at radius 1 is 1.30 bits per heavy atom.